The normalized spacial score (nSPS) is 14.9. The van der Waals surface area contributed by atoms with Crippen LogP contribution in [0.4, 0.5) is 5.69 Å². The molecule has 27 heavy (non-hydrogen) atoms. The van der Waals surface area contributed by atoms with Crippen LogP contribution < -0.4 is 15.5 Å². The van der Waals surface area contributed by atoms with Crippen LogP contribution in [0, 0.1) is 0 Å². The first kappa shape index (κ1) is 19.2. The van der Waals surface area contributed by atoms with E-state index in [4.69, 9.17) is 4.74 Å². The highest BCUT2D eigenvalue weighted by Crippen LogP contribution is 2.16. The van der Waals surface area contributed by atoms with Gasteiger partial charge in [-0.2, -0.15) is 0 Å². The number of anilines is 1. The van der Waals surface area contributed by atoms with Gasteiger partial charge < -0.3 is 20.3 Å². The molecule has 5 nitrogen and oxygen atoms in total. The molecule has 0 aromatic heterocycles. The Labute approximate surface area is 162 Å². The number of ether oxygens (including phenoxy) is 1. The van der Waals surface area contributed by atoms with Gasteiger partial charge in [0.05, 0.1) is 13.2 Å². The lowest BCUT2D eigenvalue weighted by Crippen LogP contribution is -2.37. The topological polar surface area (TPSA) is 48.9 Å². The summed E-state index contributed by atoms with van der Waals surface area (Å²) in [4.78, 5) is 6.68. The number of hydrogen-bond acceptors (Lipinski definition) is 3. The van der Waals surface area contributed by atoms with Crippen LogP contribution in [-0.2, 0) is 17.7 Å². The number of aliphatic imine (C=N–C) groups is 1. The molecule has 2 aromatic carbocycles. The van der Waals surface area contributed by atoms with Gasteiger partial charge in [0.1, 0.15) is 0 Å². The van der Waals surface area contributed by atoms with E-state index >= 15 is 0 Å². The molecule has 0 bridgehead atoms. The maximum atomic E-state index is 5.42. The summed E-state index contributed by atoms with van der Waals surface area (Å²) in [7, 11) is 1.81. The molecule has 1 aliphatic rings. The van der Waals surface area contributed by atoms with Crippen molar-refractivity contribution in [1.29, 1.82) is 0 Å². The van der Waals surface area contributed by atoms with Gasteiger partial charge in [0, 0.05) is 38.9 Å². The zero-order valence-corrected chi connectivity index (χ0v) is 16.2. The van der Waals surface area contributed by atoms with E-state index in [0.29, 0.717) is 0 Å². The first-order valence-corrected chi connectivity index (χ1v) is 9.75. The summed E-state index contributed by atoms with van der Waals surface area (Å²) in [5, 5.41) is 6.78. The van der Waals surface area contributed by atoms with Crippen molar-refractivity contribution < 1.29 is 4.74 Å². The second-order valence-electron chi connectivity index (χ2n) is 6.71. The number of aryl methyl sites for hydroxylation is 1. The second-order valence-corrected chi connectivity index (χ2v) is 6.71. The summed E-state index contributed by atoms with van der Waals surface area (Å²) in [5.74, 6) is 0.848. The van der Waals surface area contributed by atoms with Crippen LogP contribution in [-0.4, -0.2) is 45.9 Å². The molecule has 0 saturated carbocycles. The van der Waals surface area contributed by atoms with Crippen molar-refractivity contribution >= 4 is 11.6 Å². The van der Waals surface area contributed by atoms with E-state index in [-0.39, 0.29) is 0 Å². The summed E-state index contributed by atoms with van der Waals surface area (Å²) < 4.78 is 5.42. The molecule has 2 aromatic rings. The molecule has 1 saturated heterocycles. The number of benzene rings is 2. The number of hydrogen-bond donors (Lipinski definition) is 2. The molecule has 0 atom stereocenters. The predicted molar refractivity (Wildman–Crippen MR) is 112 cm³/mol. The van der Waals surface area contributed by atoms with Crippen LogP contribution in [0.15, 0.2) is 59.6 Å². The van der Waals surface area contributed by atoms with Gasteiger partial charge in [-0.05, 0) is 36.1 Å². The average Bonchev–Trinajstić information content (AvgIpc) is 2.75. The molecule has 0 amide bonds. The molecule has 0 aliphatic carbocycles. The monoisotopic (exact) mass is 366 g/mol. The third-order valence-corrected chi connectivity index (χ3v) is 4.77. The highest BCUT2D eigenvalue weighted by molar-refractivity contribution is 5.79. The van der Waals surface area contributed by atoms with E-state index in [1.165, 1.54) is 16.8 Å². The van der Waals surface area contributed by atoms with Gasteiger partial charge in [-0.1, -0.05) is 42.5 Å². The summed E-state index contributed by atoms with van der Waals surface area (Å²) in [5.41, 5.74) is 3.90. The molecular formula is C22H30N4O. The van der Waals surface area contributed by atoms with Crippen LogP contribution in [0.5, 0.6) is 0 Å². The summed E-state index contributed by atoms with van der Waals surface area (Å²) in [6, 6.07) is 19.3. The molecule has 0 radical (unpaired) electrons. The molecule has 3 rings (SSSR count). The Morgan fingerprint density at radius 2 is 1.70 bits per heavy atom. The summed E-state index contributed by atoms with van der Waals surface area (Å²) >= 11 is 0. The third kappa shape index (κ3) is 6.29. The minimum atomic E-state index is 0.766. The van der Waals surface area contributed by atoms with Crippen molar-refractivity contribution in [2.24, 2.45) is 4.99 Å². The molecule has 1 fully saturated rings. The zero-order chi connectivity index (χ0) is 18.7. The fourth-order valence-electron chi connectivity index (χ4n) is 3.20. The van der Waals surface area contributed by atoms with E-state index in [0.717, 1.165) is 58.2 Å². The predicted octanol–water partition coefficient (Wildman–Crippen LogP) is 2.82. The van der Waals surface area contributed by atoms with Crippen molar-refractivity contribution in [3.63, 3.8) is 0 Å². The fourth-order valence-corrected chi connectivity index (χ4v) is 3.20. The van der Waals surface area contributed by atoms with Gasteiger partial charge in [0.2, 0.25) is 0 Å². The summed E-state index contributed by atoms with van der Waals surface area (Å²) in [6.07, 6.45) is 2.16. The molecule has 144 valence electrons. The van der Waals surface area contributed by atoms with E-state index in [9.17, 15) is 0 Å². The van der Waals surface area contributed by atoms with Gasteiger partial charge >= 0.3 is 0 Å². The first-order valence-electron chi connectivity index (χ1n) is 9.75. The van der Waals surface area contributed by atoms with E-state index < -0.39 is 0 Å². The van der Waals surface area contributed by atoms with Gasteiger partial charge in [-0.3, -0.25) is 4.99 Å². The largest absolute Gasteiger partial charge is 0.378 e. The van der Waals surface area contributed by atoms with Crippen LogP contribution in [0.2, 0.25) is 0 Å². The van der Waals surface area contributed by atoms with E-state index in [1.807, 2.05) is 7.05 Å². The van der Waals surface area contributed by atoms with E-state index in [1.54, 1.807) is 0 Å². The molecular weight excluding hydrogens is 336 g/mol. The van der Waals surface area contributed by atoms with Crippen molar-refractivity contribution in [1.82, 2.24) is 10.6 Å². The van der Waals surface area contributed by atoms with Crippen LogP contribution in [0.25, 0.3) is 0 Å². The van der Waals surface area contributed by atoms with Crippen LogP contribution >= 0.6 is 0 Å². The number of nitrogens with one attached hydrogen (secondary N) is 2. The minimum Gasteiger partial charge on any atom is -0.378 e. The fraction of sp³-hybridized carbons (Fsp3) is 0.409. The Bertz CT molecular complexity index is 694. The number of guanidine groups is 1. The summed E-state index contributed by atoms with van der Waals surface area (Å²) in [6.45, 7) is 5.24. The standard InChI is InChI=1S/C22H30N4O/c1-23-22(24-13-5-8-19-6-3-2-4-7-19)25-18-20-9-11-21(12-10-20)26-14-16-27-17-15-26/h2-4,6-7,9-12H,5,8,13-18H2,1H3,(H2,23,24,25). The molecule has 0 spiro atoms. The number of rotatable bonds is 7. The van der Waals surface area contributed by atoms with Gasteiger partial charge in [0.15, 0.2) is 5.96 Å². The third-order valence-electron chi connectivity index (χ3n) is 4.77. The SMILES string of the molecule is CN=C(NCCCc1ccccc1)NCc1ccc(N2CCOCC2)cc1. The first-order chi connectivity index (χ1) is 13.3. The lowest BCUT2D eigenvalue weighted by atomic mass is 10.1. The molecule has 0 unspecified atom stereocenters. The van der Waals surface area contributed by atoms with Crippen LogP contribution in [0.3, 0.4) is 0 Å². The minimum absolute atomic E-state index is 0.766. The van der Waals surface area contributed by atoms with E-state index in [2.05, 4.69) is 75.1 Å². The Morgan fingerprint density at radius 1 is 0.963 bits per heavy atom. The van der Waals surface area contributed by atoms with Gasteiger partial charge in [-0.15, -0.1) is 0 Å². The Kier molecular flexibility index (Phi) is 7.54. The maximum absolute atomic E-state index is 5.42. The van der Waals surface area contributed by atoms with Gasteiger partial charge in [-0.25, -0.2) is 0 Å². The lowest BCUT2D eigenvalue weighted by molar-refractivity contribution is 0.122. The molecule has 2 N–H and O–H groups in total. The van der Waals surface area contributed by atoms with Crippen molar-refractivity contribution in [2.45, 2.75) is 19.4 Å². The molecule has 1 heterocycles. The van der Waals surface area contributed by atoms with Crippen molar-refractivity contribution in [3.05, 3.63) is 65.7 Å². The van der Waals surface area contributed by atoms with Crippen molar-refractivity contribution in [3.8, 4) is 0 Å². The second kappa shape index (κ2) is 10.6. The van der Waals surface area contributed by atoms with Crippen molar-refractivity contribution in [2.75, 3.05) is 44.8 Å². The Hall–Kier alpha value is -2.53. The number of morpholine rings is 1. The number of nitrogens with zero attached hydrogens (tertiary/aromatic N) is 2. The zero-order valence-electron chi connectivity index (χ0n) is 16.2. The highest BCUT2D eigenvalue weighted by atomic mass is 16.5. The highest BCUT2D eigenvalue weighted by Gasteiger charge is 2.10. The van der Waals surface area contributed by atoms with Gasteiger partial charge in [0.25, 0.3) is 0 Å². The van der Waals surface area contributed by atoms with Crippen LogP contribution in [0.1, 0.15) is 17.5 Å². The average molecular weight is 367 g/mol. The smallest absolute Gasteiger partial charge is 0.191 e. The Balaban J connectivity index is 1.38. The Morgan fingerprint density at radius 3 is 2.41 bits per heavy atom. The maximum Gasteiger partial charge on any atom is 0.191 e. The quantitative estimate of drug-likeness (QED) is 0.449. The lowest BCUT2D eigenvalue weighted by Gasteiger charge is -2.28. The molecule has 1 aliphatic heterocycles. The molecule has 5 heteroatoms.